The van der Waals surface area contributed by atoms with Gasteiger partial charge in [0.25, 0.3) is 15.9 Å². The third-order valence-electron chi connectivity index (χ3n) is 4.23. The molecule has 3 aromatic rings. The number of nitrogens with one attached hydrogen (secondary N) is 3. The Kier molecular flexibility index (Phi) is 5.97. The Morgan fingerprint density at radius 2 is 1.63 bits per heavy atom. The lowest BCUT2D eigenvalue weighted by Gasteiger charge is -2.12. The number of aromatic nitrogens is 2. The van der Waals surface area contributed by atoms with E-state index in [2.05, 4.69) is 20.2 Å². The highest BCUT2D eigenvalue weighted by molar-refractivity contribution is 7.92. The van der Waals surface area contributed by atoms with Crippen LogP contribution in [0.25, 0.3) is 0 Å². The molecule has 0 saturated heterocycles. The van der Waals surface area contributed by atoms with Crippen molar-refractivity contribution in [1.29, 1.82) is 0 Å². The molecule has 3 N–H and O–H groups in total. The smallest absolute Gasteiger partial charge is 0.279 e. The third kappa shape index (κ3) is 4.54. The number of benzene rings is 2. The maximum Gasteiger partial charge on any atom is 0.279 e. The average molecular weight is 430 g/mol. The number of carbonyl (C=O) groups excluding carboxylic acids is 1. The Morgan fingerprint density at radius 1 is 0.967 bits per heavy atom. The summed E-state index contributed by atoms with van der Waals surface area (Å²) in [6.07, 6.45) is 1.16. The molecule has 0 spiro atoms. The zero-order valence-electron chi connectivity index (χ0n) is 16.9. The summed E-state index contributed by atoms with van der Waals surface area (Å²) in [4.78, 5) is 12.7. The molecule has 0 saturated carbocycles. The van der Waals surface area contributed by atoms with E-state index in [-0.39, 0.29) is 10.6 Å². The van der Waals surface area contributed by atoms with Gasteiger partial charge in [0, 0.05) is 17.4 Å². The zero-order chi connectivity index (χ0) is 21.9. The molecular weight excluding hydrogens is 408 g/mol. The minimum Gasteiger partial charge on any atom is -0.493 e. The highest BCUT2D eigenvalue weighted by Crippen LogP contribution is 2.30. The summed E-state index contributed by atoms with van der Waals surface area (Å²) in [5.41, 5.74) is 2.49. The molecule has 0 atom stereocenters. The van der Waals surface area contributed by atoms with E-state index in [0.717, 1.165) is 17.3 Å². The fraction of sp³-hybridized carbons (Fsp3) is 0.200. The van der Waals surface area contributed by atoms with Gasteiger partial charge in [0.2, 0.25) is 0 Å². The van der Waals surface area contributed by atoms with Crippen molar-refractivity contribution in [3.05, 3.63) is 59.3 Å². The lowest BCUT2D eigenvalue weighted by atomic mass is 10.1. The van der Waals surface area contributed by atoms with Gasteiger partial charge in [-0.15, -0.1) is 0 Å². The molecule has 3 rings (SSSR count). The van der Waals surface area contributed by atoms with Crippen LogP contribution in [0.15, 0.2) is 47.6 Å². The number of sulfonamides is 1. The predicted octanol–water partition coefficient (Wildman–Crippen LogP) is 3.10. The minimum absolute atomic E-state index is 0.123. The van der Waals surface area contributed by atoms with Crippen molar-refractivity contribution in [2.24, 2.45) is 0 Å². The number of H-pyrrole nitrogens is 1. The van der Waals surface area contributed by atoms with E-state index in [1.165, 1.54) is 14.2 Å². The van der Waals surface area contributed by atoms with E-state index < -0.39 is 15.9 Å². The van der Waals surface area contributed by atoms with Crippen LogP contribution in [0.5, 0.6) is 11.5 Å². The second-order valence-electron chi connectivity index (χ2n) is 6.62. The largest absolute Gasteiger partial charge is 0.493 e. The van der Waals surface area contributed by atoms with Crippen molar-refractivity contribution in [3.63, 3.8) is 0 Å². The molecule has 10 heteroatoms. The molecule has 0 radical (unpaired) electrons. The van der Waals surface area contributed by atoms with Crippen LogP contribution in [0.3, 0.4) is 0 Å². The Labute approximate surface area is 174 Å². The quantitative estimate of drug-likeness (QED) is 0.529. The van der Waals surface area contributed by atoms with Gasteiger partial charge in [-0.3, -0.25) is 14.6 Å². The van der Waals surface area contributed by atoms with Gasteiger partial charge in [-0.1, -0.05) is 6.07 Å². The topological polar surface area (TPSA) is 122 Å². The summed E-state index contributed by atoms with van der Waals surface area (Å²) >= 11 is 0. The number of anilines is 2. The number of carbonyl (C=O) groups is 1. The molecule has 30 heavy (non-hydrogen) atoms. The second kappa shape index (κ2) is 8.46. The number of nitrogens with zero attached hydrogens (tertiary/aromatic N) is 1. The van der Waals surface area contributed by atoms with E-state index in [4.69, 9.17) is 9.47 Å². The molecule has 1 amide bonds. The number of aryl methyl sites for hydroxylation is 2. The van der Waals surface area contributed by atoms with Crippen molar-refractivity contribution >= 4 is 27.3 Å². The molecule has 1 aromatic heterocycles. The molecule has 2 aromatic carbocycles. The van der Waals surface area contributed by atoms with E-state index in [0.29, 0.717) is 22.9 Å². The molecule has 9 nitrogen and oxygen atoms in total. The van der Waals surface area contributed by atoms with Gasteiger partial charge in [-0.05, 0) is 49.2 Å². The molecule has 0 unspecified atom stereocenters. The van der Waals surface area contributed by atoms with Crippen molar-refractivity contribution in [3.8, 4) is 11.5 Å². The van der Waals surface area contributed by atoms with Gasteiger partial charge in [-0.25, -0.2) is 0 Å². The van der Waals surface area contributed by atoms with E-state index in [1.54, 1.807) is 30.3 Å². The second-order valence-corrected chi connectivity index (χ2v) is 8.24. The van der Waals surface area contributed by atoms with Crippen molar-refractivity contribution in [2.45, 2.75) is 18.9 Å². The van der Waals surface area contributed by atoms with Crippen LogP contribution in [-0.2, 0) is 10.0 Å². The van der Waals surface area contributed by atoms with Crippen LogP contribution < -0.4 is 19.5 Å². The number of hydrogen-bond acceptors (Lipinski definition) is 6. The fourth-order valence-corrected chi connectivity index (χ4v) is 4.13. The Bertz CT molecular complexity index is 1170. The number of aromatic amines is 1. The van der Waals surface area contributed by atoms with Crippen LogP contribution in [0.4, 0.5) is 11.4 Å². The SMILES string of the molecule is COc1ccc(NC(=O)c2cn[nH]c2S(=O)(=O)Nc2cc(C)cc(C)c2)cc1OC. The molecular formula is C20H22N4O5S. The third-order valence-corrected chi connectivity index (χ3v) is 5.59. The number of hydrogen-bond donors (Lipinski definition) is 3. The van der Waals surface area contributed by atoms with Gasteiger partial charge < -0.3 is 14.8 Å². The monoisotopic (exact) mass is 430 g/mol. The van der Waals surface area contributed by atoms with E-state index in [9.17, 15) is 13.2 Å². The van der Waals surface area contributed by atoms with E-state index in [1.807, 2.05) is 19.9 Å². The summed E-state index contributed by atoms with van der Waals surface area (Å²) in [5, 5.41) is 8.44. The number of methoxy groups -OCH3 is 2. The molecule has 158 valence electrons. The van der Waals surface area contributed by atoms with Crippen molar-refractivity contribution in [2.75, 3.05) is 24.3 Å². The lowest BCUT2D eigenvalue weighted by Crippen LogP contribution is -2.20. The van der Waals surface area contributed by atoms with Gasteiger partial charge in [0.1, 0.15) is 0 Å². The summed E-state index contributed by atoms with van der Waals surface area (Å²) < 4.78 is 38.6. The summed E-state index contributed by atoms with van der Waals surface area (Å²) in [5.74, 6) is 0.281. The Balaban J connectivity index is 1.86. The summed E-state index contributed by atoms with van der Waals surface area (Å²) in [7, 11) is -1.09. The lowest BCUT2D eigenvalue weighted by molar-refractivity contribution is 0.102. The van der Waals surface area contributed by atoms with Crippen LogP contribution in [-0.4, -0.2) is 38.7 Å². The molecule has 0 bridgehead atoms. The average Bonchev–Trinajstić information content (AvgIpc) is 3.18. The number of ether oxygens (including phenoxy) is 2. The van der Waals surface area contributed by atoms with Crippen LogP contribution in [0.1, 0.15) is 21.5 Å². The fourth-order valence-electron chi connectivity index (χ4n) is 2.99. The maximum absolute atomic E-state index is 12.8. The molecule has 0 aliphatic rings. The Morgan fingerprint density at radius 3 is 2.27 bits per heavy atom. The molecule has 1 heterocycles. The highest BCUT2D eigenvalue weighted by atomic mass is 32.2. The normalized spacial score (nSPS) is 11.1. The number of amides is 1. The number of rotatable bonds is 7. The molecule has 0 fully saturated rings. The predicted molar refractivity (Wildman–Crippen MR) is 113 cm³/mol. The minimum atomic E-state index is -4.07. The first-order valence-electron chi connectivity index (χ1n) is 8.91. The highest BCUT2D eigenvalue weighted by Gasteiger charge is 2.25. The van der Waals surface area contributed by atoms with Gasteiger partial charge in [-0.2, -0.15) is 13.5 Å². The van der Waals surface area contributed by atoms with Crippen molar-refractivity contribution in [1.82, 2.24) is 10.2 Å². The first-order valence-corrected chi connectivity index (χ1v) is 10.4. The zero-order valence-corrected chi connectivity index (χ0v) is 17.8. The summed E-state index contributed by atoms with van der Waals surface area (Å²) in [6.45, 7) is 3.73. The van der Waals surface area contributed by atoms with Crippen molar-refractivity contribution < 1.29 is 22.7 Å². The maximum atomic E-state index is 12.8. The van der Waals surface area contributed by atoms with Gasteiger partial charge in [0.05, 0.1) is 26.0 Å². The van der Waals surface area contributed by atoms with E-state index >= 15 is 0 Å². The Hall–Kier alpha value is -3.53. The summed E-state index contributed by atoms with van der Waals surface area (Å²) in [6, 6.07) is 10.1. The van der Waals surface area contributed by atoms with Gasteiger partial charge in [0.15, 0.2) is 16.5 Å². The molecule has 0 aliphatic heterocycles. The first-order chi connectivity index (χ1) is 14.2. The standard InChI is InChI=1S/C20H22N4O5S/c1-12-7-13(2)9-15(8-12)24-30(26,27)20-16(11-21-23-20)19(25)22-14-5-6-17(28-3)18(10-14)29-4/h5-11,24H,1-4H3,(H,21,23)(H,22,25). The van der Waals surface area contributed by atoms with Crippen LogP contribution >= 0.6 is 0 Å². The van der Waals surface area contributed by atoms with Crippen LogP contribution in [0, 0.1) is 13.8 Å². The van der Waals surface area contributed by atoms with Crippen LogP contribution in [0.2, 0.25) is 0 Å². The van der Waals surface area contributed by atoms with Gasteiger partial charge >= 0.3 is 0 Å². The molecule has 0 aliphatic carbocycles. The first kappa shape index (κ1) is 21.2.